The van der Waals surface area contributed by atoms with E-state index in [1.165, 1.54) is 12.1 Å². The van der Waals surface area contributed by atoms with Gasteiger partial charge >= 0.3 is 0 Å². The number of hydrogen-bond donors (Lipinski definition) is 1. The van der Waals surface area contributed by atoms with Gasteiger partial charge in [0.05, 0.1) is 11.6 Å². The molecule has 2 N–H and O–H groups in total. The third-order valence-electron chi connectivity index (χ3n) is 4.75. The molecule has 1 aromatic carbocycles. The molecule has 0 unspecified atom stereocenters. The van der Waals surface area contributed by atoms with Gasteiger partial charge in [0.15, 0.2) is 5.65 Å². The minimum Gasteiger partial charge on any atom is -0.383 e. The van der Waals surface area contributed by atoms with Gasteiger partial charge in [0.2, 0.25) is 5.95 Å². The molecule has 2 aromatic heterocycles. The average Bonchev–Trinajstić information content (AvgIpc) is 2.89. The number of nitrogens with zero attached hydrogens (tertiary/aromatic N) is 6. The molecule has 0 atom stereocenters. The highest BCUT2D eigenvalue weighted by Crippen LogP contribution is 2.21. The number of halogens is 1. The van der Waals surface area contributed by atoms with Gasteiger partial charge < -0.3 is 15.5 Å². The molecule has 3 aromatic rings. The Balaban J connectivity index is 1.53. The molecule has 1 amide bonds. The van der Waals surface area contributed by atoms with Crippen LogP contribution in [-0.2, 0) is 7.05 Å². The smallest absolute Gasteiger partial charge is 0.254 e. The predicted octanol–water partition coefficient (Wildman–Crippen LogP) is 1.44. The standard InChI is InChI=1S/C18H20FN7O/c1-24-16-14(11-21-24)15(20)22-18(23-16)26-7-3-6-25(8-9-26)17(27)12-4-2-5-13(19)10-12/h2,4-5,10-11H,3,6-9H2,1H3,(H2,20,22,23). The number of nitrogen functional groups attached to an aromatic ring is 1. The summed E-state index contributed by atoms with van der Waals surface area (Å²) in [6.07, 6.45) is 2.41. The van der Waals surface area contributed by atoms with Gasteiger partial charge in [-0.2, -0.15) is 15.1 Å². The Kier molecular flexibility index (Phi) is 4.35. The Hall–Kier alpha value is -3.23. The lowest BCUT2D eigenvalue weighted by Gasteiger charge is -2.22. The summed E-state index contributed by atoms with van der Waals surface area (Å²) in [5, 5.41) is 4.89. The van der Waals surface area contributed by atoms with Gasteiger partial charge in [-0.1, -0.05) is 6.07 Å². The van der Waals surface area contributed by atoms with E-state index in [0.717, 1.165) is 11.8 Å². The average molecular weight is 369 g/mol. The number of benzene rings is 1. The third-order valence-corrected chi connectivity index (χ3v) is 4.75. The van der Waals surface area contributed by atoms with Crippen LogP contribution in [-0.4, -0.2) is 56.7 Å². The van der Waals surface area contributed by atoms with Crippen molar-refractivity contribution < 1.29 is 9.18 Å². The summed E-state index contributed by atoms with van der Waals surface area (Å²) in [6.45, 7) is 2.37. The van der Waals surface area contributed by atoms with Crippen molar-refractivity contribution in [1.82, 2.24) is 24.6 Å². The van der Waals surface area contributed by atoms with Crippen molar-refractivity contribution >= 4 is 28.7 Å². The molecule has 1 aliphatic rings. The minimum atomic E-state index is -0.411. The fraction of sp³-hybridized carbons (Fsp3) is 0.333. The first-order valence-corrected chi connectivity index (χ1v) is 8.78. The summed E-state index contributed by atoms with van der Waals surface area (Å²) in [4.78, 5) is 25.4. The van der Waals surface area contributed by atoms with Crippen molar-refractivity contribution in [1.29, 1.82) is 0 Å². The first kappa shape index (κ1) is 17.2. The molecule has 8 nitrogen and oxygen atoms in total. The van der Waals surface area contributed by atoms with Crippen molar-refractivity contribution in [3.63, 3.8) is 0 Å². The molecule has 0 saturated carbocycles. The summed E-state index contributed by atoms with van der Waals surface area (Å²) in [5.74, 6) is 0.341. The number of anilines is 2. The zero-order chi connectivity index (χ0) is 19.0. The number of hydrogen-bond acceptors (Lipinski definition) is 6. The van der Waals surface area contributed by atoms with Crippen LogP contribution in [0.1, 0.15) is 16.8 Å². The molecule has 0 spiro atoms. The lowest BCUT2D eigenvalue weighted by molar-refractivity contribution is 0.0766. The molecular formula is C18H20FN7O. The summed E-state index contributed by atoms with van der Waals surface area (Å²) >= 11 is 0. The van der Waals surface area contributed by atoms with Crippen LogP contribution < -0.4 is 10.6 Å². The molecule has 1 fully saturated rings. The molecule has 0 radical (unpaired) electrons. The number of carbonyl (C=O) groups excluding carboxylic acids is 1. The maximum Gasteiger partial charge on any atom is 0.254 e. The summed E-state index contributed by atoms with van der Waals surface area (Å²) in [7, 11) is 1.81. The molecule has 4 rings (SSSR count). The molecule has 0 bridgehead atoms. The highest BCUT2D eigenvalue weighted by molar-refractivity contribution is 5.94. The fourth-order valence-electron chi connectivity index (χ4n) is 3.30. The number of aryl methyl sites for hydroxylation is 1. The van der Waals surface area contributed by atoms with E-state index in [0.29, 0.717) is 49.2 Å². The van der Waals surface area contributed by atoms with E-state index in [4.69, 9.17) is 5.73 Å². The zero-order valence-corrected chi connectivity index (χ0v) is 15.0. The SMILES string of the molecule is Cn1ncc2c(N)nc(N3CCCN(C(=O)c4cccc(F)c4)CC3)nc21. The lowest BCUT2D eigenvalue weighted by atomic mass is 10.2. The topological polar surface area (TPSA) is 93.2 Å². The molecule has 140 valence electrons. The van der Waals surface area contributed by atoms with Crippen LogP contribution in [0.4, 0.5) is 16.2 Å². The van der Waals surface area contributed by atoms with Gasteiger partial charge in [-0.05, 0) is 24.6 Å². The maximum absolute atomic E-state index is 13.4. The molecular weight excluding hydrogens is 349 g/mol. The van der Waals surface area contributed by atoms with Gasteiger partial charge in [0, 0.05) is 38.8 Å². The van der Waals surface area contributed by atoms with E-state index in [1.807, 2.05) is 4.90 Å². The van der Waals surface area contributed by atoms with E-state index < -0.39 is 5.82 Å². The third kappa shape index (κ3) is 3.27. The Morgan fingerprint density at radius 1 is 1.19 bits per heavy atom. The van der Waals surface area contributed by atoms with E-state index in [2.05, 4.69) is 15.1 Å². The van der Waals surface area contributed by atoms with Crippen LogP contribution in [0.2, 0.25) is 0 Å². The Morgan fingerprint density at radius 2 is 2.04 bits per heavy atom. The normalized spacial score (nSPS) is 15.2. The lowest BCUT2D eigenvalue weighted by Crippen LogP contribution is -2.35. The second-order valence-electron chi connectivity index (χ2n) is 6.56. The van der Waals surface area contributed by atoms with Gasteiger partial charge in [-0.15, -0.1) is 0 Å². The summed E-state index contributed by atoms with van der Waals surface area (Å²) in [5.41, 5.74) is 7.09. The first-order valence-electron chi connectivity index (χ1n) is 8.78. The molecule has 27 heavy (non-hydrogen) atoms. The first-order chi connectivity index (χ1) is 13.0. The van der Waals surface area contributed by atoms with Crippen molar-refractivity contribution in [2.75, 3.05) is 36.8 Å². The number of amides is 1. The number of nitrogens with two attached hydrogens (primary N) is 1. The van der Waals surface area contributed by atoms with Crippen molar-refractivity contribution in [3.8, 4) is 0 Å². The fourth-order valence-corrected chi connectivity index (χ4v) is 3.30. The van der Waals surface area contributed by atoms with Gasteiger partial charge in [0.25, 0.3) is 5.91 Å². The van der Waals surface area contributed by atoms with Gasteiger partial charge in [0.1, 0.15) is 11.6 Å². The molecule has 3 heterocycles. The van der Waals surface area contributed by atoms with Crippen LogP contribution in [0, 0.1) is 5.82 Å². The Bertz CT molecular complexity index is 1000. The number of rotatable bonds is 2. The second-order valence-corrected chi connectivity index (χ2v) is 6.56. The number of aromatic nitrogens is 4. The van der Waals surface area contributed by atoms with Gasteiger partial charge in [-0.25, -0.2) is 4.39 Å². The molecule has 9 heteroatoms. The molecule has 1 aliphatic heterocycles. The molecule has 0 aliphatic carbocycles. The maximum atomic E-state index is 13.4. The van der Waals surface area contributed by atoms with Crippen LogP contribution >= 0.6 is 0 Å². The summed E-state index contributed by atoms with van der Waals surface area (Å²) in [6, 6.07) is 5.78. The Labute approximate surface area is 155 Å². The number of fused-ring (bicyclic) bond motifs is 1. The van der Waals surface area contributed by atoms with E-state index in [-0.39, 0.29) is 5.91 Å². The second kappa shape index (κ2) is 6.82. The van der Waals surface area contributed by atoms with E-state index in [1.54, 1.807) is 35.0 Å². The van der Waals surface area contributed by atoms with Crippen LogP contribution in [0.25, 0.3) is 11.0 Å². The highest BCUT2D eigenvalue weighted by Gasteiger charge is 2.23. The van der Waals surface area contributed by atoms with E-state index in [9.17, 15) is 9.18 Å². The van der Waals surface area contributed by atoms with Crippen molar-refractivity contribution in [3.05, 3.63) is 41.8 Å². The minimum absolute atomic E-state index is 0.168. The molecule has 1 saturated heterocycles. The highest BCUT2D eigenvalue weighted by atomic mass is 19.1. The van der Waals surface area contributed by atoms with Crippen LogP contribution in [0.3, 0.4) is 0 Å². The van der Waals surface area contributed by atoms with Crippen molar-refractivity contribution in [2.45, 2.75) is 6.42 Å². The van der Waals surface area contributed by atoms with Crippen LogP contribution in [0.15, 0.2) is 30.5 Å². The van der Waals surface area contributed by atoms with Crippen LogP contribution in [0.5, 0.6) is 0 Å². The summed E-state index contributed by atoms with van der Waals surface area (Å²) < 4.78 is 15.1. The Morgan fingerprint density at radius 3 is 2.85 bits per heavy atom. The van der Waals surface area contributed by atoms with Crippen molar-refractivity contribution in [2.24, 2.45) is 7.05 Å². The predicted molar refractivity (Wildman–Crippen MR) is 99.8 cm³/mol. The largest absolute Gasteiger partial charge is 0.383 e. The zero-order valence-electron chi connectivity index (χ0n) is 15.0. The van der Waals surface area contributed by atoms with Gasteiger partial charge in [-0.3, -0.25) is 9.48 Å². The number of carbonyl (C=O) groups is 1. The van der Waals surface area contributed by atoms with E-state index >= 15 is 0 Å². The quantitative estimate of drug-likeness (QED) is 0.735. The monoisotopic (exact) mass is 369 g/mol.